The smallest absolute Gasteiger partial charge is 0.133 e. The molecule has 1 aromatic heterocycles. The van der Waals surface area contributed by atoms with E-state index < -0.39 is 0 Å². The van der Waals surface area contributed by atoms with Crippen LogP contribution in [0.25, 0.3) is 20.9 Å². The number of thiophene rings is 1. The van der Waals surface area contributed by atoms with E-state index in [1.165, 1.54) is 20.9 Å². The first-order valence-electron chi connectivity index (χ1n) is 5.01. The zero-order chi connectivity index (χ0) is 11.1. The normalized spacial score (nSPS) is 10.4. The van der Waals surface area contributed by atoms with Crippen LogP contribution in [0, 0.1) is 5.41 Å². The van der Waals surface area contributed by atoms with Gasteiger partial charge in [-0.25, -0.2) is 0 Å². The first kappa shape index (κ1) is 11.9. The summed E-state index contributed by atoms with van der Waals surface area (Å²) >= 11 is 1.57. The molecule has 4 heteroatoms. The average Bonchev–Trinajstić information content (AvgIpc) is 2.73. The molecule has 3 N–H and O–H groups in total. The summed E-state index contributed by atoms with van der Waals surface area (Å²) in [5, 5.41) is 11.1. The van der Waals surface area contributed by atoms with Gasteiger partial charge < -0.3 is 5.73 Å². The second-order valence-electron chi connectivity index (χ2n) is 3.72. The molecule has 0 bridgehead atoms. The Morgan fingerprint density at radius 1 is 1.06 bits per heavy atom. The van der Waals surface area contributed by atoms with Crippen LogP contribution in [0.2, 0.25) is 0 Å². The Morgan fingerprint density at radius 3 is 2.59 bits per heavy atom. The number of nitrogens with two attached hydrogens (primary N) is 1. The number of benzene rings is 2. The number of hydrogen-bond acceptors (Lipinski definition) is 2. The maximum absolute atomic E-state index is 7.46. The van der Waals surface area contributed by atoms with Crippen molar-refractivity contribution in [1.29, 1.82) is 5.41 Å². The largest absolute Gasteiger partial charge is 0.383 e. The summed E-state index contributed by atoms with van der Waals surface area (Å²) in [6.07, 6.45) is 0. The molecule has 0 spiro atoms. The van der Waals surface area contributed by atoms with E-state index in [2.05, 4.69) is 24.3 Å². The van der Waals surface area contributed by atoms with Crippen LogP contribution < -0.4 is 5.73 Å². The zero-order valence-corrected chi connectivity index (χ0v) is 10.6. The molecule has 0 aliphatic heterocycles. The van der Waals surface area contributed by atoms with Crippen LogP contribution in [0.5, 0.6) is 0 Å². The molecule has 0 saturated heterocycles. The van der Waals surface area contributed by atoms with Gasteiger partial charge in [0.25, 0.3) is 0 Å². The molecule has 0 amide bonds. The van der Waals surface area contributed by atoms with E-state index in [-0.39, 0.29) is 18.2 Å². The second kappa shape index (κ2) is 4.35. The number of nitrogens with one attached hydrogen (secondary N) is 1. The van der Waals surface area contributed by atoms with Crippen molar-refractivity contribution in [2.24, 2.45) is 5.73 Å². The van der Waals surface area contributed by atoms with Crippen LogP contribution in [0.15, 0.2) is 42.5 Å². The van der Waals surface area contributed by atoms with Gasteiger partial charge in [-0.05, 0) is 22.9 Å². The van der Waals surface area contributed by atoms with Gasteiger partial charge in [-0.15, -0.1) is 23.7 Å². The molecule has 86 valence electrons. The SMILES string of the molecule is Cl.N=C(N)c1cc2c(ccc3ccccc32)s1. The predicted molar refractivity (Wildman–Crippen MR) is 77.6 cm³/mol. The average molecular weight is 263 g/mol. The summed E-state index contributed by atoms with van der Waals surface area (Å²) in [5.74, 6) is 0.144. The first-order valence-corrected chi connectivity index (χ1v) is 5.83. The highest BCUT2D eigenvalue weighted by Gasteiger charge is 2.06. The van der Waals surface area contributed by atoms with Crippen molar-refractivity contribution in [3.8, 4) is 0 Å². The summed E-state index contributed by atoms with van der Waals surface area (Å²) in [5.41, 5.74) is 5.52. The summed E-state index contributed by atoms with van der Waals surface area (Å²) in [6.45, 7) is 0. The third-order valence-corrected chi connectivity index (χ3v) is 3.83. The molecule has 0 aliphatic carbocycles. The second-order valence-corrected chi connectivity index (χ2v) is 4.81. The Hall–Kier alpha value is -1.58. The number of halogens is 1. The van der Waals surface area contributed by atoms with E-state index >= 15 is 0 Å². The number of amidine groups is 1. The van der Waals surface area contributed by atoms with Gasteiger partial charge in [0.15, 0.2) is 0 Å². The summed E-state index contributed by atoms with van der Waals surface area (Å²) in [4.78, 5) is 0.839. The summed E-state index contributed by atoms with van der Waals surface area (Å²) < 4.78 is 1.18. The highest BCUT2D eigenvalue weighted by atomic mass is 35.5. The molecule has 0 saturated carbocycles. The van der Waals surface area contributed by atoms with E-state index in [9.17, 15) is 0 Å². The van der Waals surface area contributed by atoms with Crippen LogP contribution in [-0.4, -0.2) is 5.84 Å². The number of fused-ring (bicyclic) bond motifs is 3. The molecule has 0 radical (unpaired) electrons. The van der Waals surface area contributed by atoms with Crippen LogP contribution in [-0.2, 0) is 0 Å². The van der Waals surface area contributed by atoms with Crippen LogP contribution in [0.4, 0.5) is 0 Å². The lowest BCUT2D eigenvalue weighted by molar-refractivity contribution is 1.46. The van der Waals surface area contributed by atoms with Crippen LogP contribution in [0.1, 0.15) is 4.88 Å². The number of hydrogen-bond donors (Lipinski definition) is 2. The zero-order valence-electron chi connectivity index (χ0n) is 8.94. The van der Waals surface area contributed by atoms with Crippen LogP contribution >= 0.6 is 23.7 Å². The van der Waals surface area contributed by atoms with Crippen molar-refractivity contribution in [2.75, 3.05) is 0 Å². The molecule has 17 heavy (non-hydrogen) atoms. The maximum atomic E-state index is 7.46. The van der Waals surface area contributed by atoms with Gasteiger partial charge in [-0.2, -0.15) is 0 Å². The van der Waals surface area contributed by atoms with Crippen molar-refractivity contribution in [3.05, 3.63) is 47.3 Å². The molecule has 3 rings (SSSR count). The Labute approximate surface area is 109 Å². The fourth-order valence-corrected chi connectivity index (χ4v) is 2.86. The van der Waals surface area contributed by atoms with Gasteiger partial charge in [0.1, 0.15) is 5.84 Å². The Bertz CT molecular complexity index is 703. The quantitative estimate of drug-likeness (QED) is 0.509. The highest BCUT2D eigenvalue weighted by Crippen LogP contribution is 2.31. The van der Waals surface area contributed by atoms with Crippen molar-refractivity contribution in [3.63, 3.8) is 0 Å². The van der Waals surface area contributed by atoms with E-state index in [1.54, 1.807) is 11.3 Å². The molecular formula is C13H11ClN2S. The van der Waals surface area contributed by atoms with E-state index in [4.69, 9.17) is 11.1 Å². The Kier molecular flexibility index (Phi) is 3.05. The van der Waals surface area contributed by atoms with Crippen molar-refractivity contribution in [2.45, 2.75) is 0 Å². The van der Waals surface area contributed by atoms with E-state index in [0.717, 1.165) is 4.88 Å². The van der Waals surface area contributed by atoms with Gasteiger partial charge in [0, 0.05) is 10.1 Å². The fourth-order valence-electron chi connectivity index (χ4n) is 1.93. The monoisotopic (exact) mass is 262 g/mol. The predicted octanol–water partition coefficient (Wildman–Crippen LogP) is 3.76. The van der Waals surface area contributed by atoms with Gasteiger partial charge >= 0.3 is 0 Å². The molecule has 0 aliphatic rings. The lowest BCUT2D eigenvalue weighted by Gasteiger charge is -1.97. The van der Waals surface area contributed by atoms with Crippen molar-refractivity contribution < 1.29 is 0 Å². The molecule has 1 heterocycles. The number of rotatable bonds is 1. The Balaban J connectivity index is 0.00000108. The first-order chi connectivity index (χ1) is 7.75. The molecule has 2 aromatic carbocycles. The molecule has 0 atom stereocenters. The van der Waals surface area contributed by atoms with Gasteiger partial charge in [0.2, 0.25) is 0 Å². The van der Waals surface area contributed by atoms with Gasteiger partial charge in [0.05, 0.1) is 4.88 Å². The van der Waals surface area contributed by atoms with Gasteiger partial charge in [-0.1, -0.05) is 30.3 Å². The third kappa shape index (κ3) is 1.88. The molecule has 3 aromatic rings. The maximum Gasteiger partial charge on any atom is 0.133 e. The molecule has 0 unspecified atom stereocenters. The minimum Gasteiger partial charge on any atom is -0.383 e. The Morgan fingerprint density at radius 2 is 1.82 bits per heavy atom. The molecule has 0 fully saturated rings. The lowest BCUT2D eigenvalue weighted by atomic mass is 10.1. The third-order valence-electron chi connectivity index (χ3n) is 2.69. The standard InChI is InChI=1S/C13H10N2S.ClH/c14-13(15)12-7-10-9-4-2-1-3-8(9)5-6-11(10)16-12;/h1-7H,(H3,14,15);1H. The van der Waals surface area contributed by atoms with Gasteiger partial charge in [-0.3, -0.25) is 5.41 Å². The minimum absolute atomic E-state index is 0. The molecule has 2 nitrogen and oxygen atoms in total. The minimum atomic E-state index is 0. The van der Waals surface area contributed by atoms with Crippen LogP contribution in [0.3, 0.4) is 0 Å². The van der Waals surface area contributed by atoms with E-state index in [0.29, 0.717) is 0 Å². The topological polar surface area (TPSA) is 49.9 Å². The number of nitrogen functional groups attached to an aromatic ring is 1. The molecular weight excluding hydrogens is 252 g/mol. The highest BCUT2D eigenvalue weighted by molar-refractivity contribution is 7.21. The summed E-state index contributed by atoms with van der Waals surface area (Å²) in [7, 11) is 0. The van der Waals surface area contributed by atoms with Crippen molar-refractivity contribution in [1.82, 2.24) is 0 Å². The van der Waals surface area contributed by atoms with Crippen molar-refractivity contribution >= 4 is 50.4 Å². The fraction of sp³-hybridized carbons (Fsp3) is 0. The summed E-state index contributed by atoms with van der Waals surface area (Å²) in [6, 6.07) is 14.5. The lowest BCUT2D eigenvalue weighted by Crippen LogP contribution is -2.08. The van der Waals surface area contributed by atoms with E-state index in [1.807, 2.05) is 18.2 Å².